The van der Waals surface area contributed by atoms with Crippen molar-refractivity contribution in [2.75, 3.05) is 28.6 Å². The molecule has 5 rings (SSSR count). The van der Waals surface area contributed by atoms with Crippen LogP contribution in [0.25, 0.3) is 0 Å². The van der Waals surface area contributed by atoms with Gasteiger partial charge in [0.1, 0.15) is 5.66 Å². The third-order valence-electron chi connectivity index (χ3n) is 7.29. The van der Waals surface area contributed by atoms with E-state index in [1.165, 1.54) is 5.56 Å². The van der Waals surface area contributed by atoms with Crippen LogP contribution in [0, 0.1) is 0 Å². The lowest BCUT2D eigenvalue weighted by Gasteiger charge is -2.48. The number of carbonyl (C=O) groups is 3. The van der Waals surface area contributed by atoms with Crippen LogP contribution < -0.4 is 15.5 Å². The Hall–Kier alpha value is -4.13. The molecule has 1 unspecified atom stereocenters. The summed E-state index contributed by atoms with van der Waals surface area (Å²) in [4.78, 5) is 42.1. The van der Waals surface area contributed by atoms with E-state index >= 15 is 0 Å². The lowest BCUT2D eigenvalue weighted by atomic mass is 9.98. The summed E-state index contributed by atoms with van der Waals surface area (Å²) >= 11 is 0. The average molecular weight is 497 g/mol. The highest BCUT2D eigenvalue weighted by Crippen LogP contribution is 2.44. The van der Waals surface area contributed by atoms with Crippen LogP contribution in [0.2, 0.25) is 0 Å². The summed E-state index contributed by atoms with van der Waals surface area (Å²) in [6.45, 7) is 3.18. The highest BCUT2D eigenvalue weighted by atomic mass is 16.2. The minimum absolute atomic E-state index is 0.0307. The number of hydrogen-bond donors (Lipinski definition) is 2. The SMILES string of the molecule is CC12CCC(=O)N1c1ccccc1C(=O)N2CCCC(=O)Nc1ccc(NCCc2ccccc2)cc1. The fraction of sp³-hybridized carbons (Fsp3) is 0.300. The zero-order valence-electron chi connectivity index (χ0n) is 21.1. The van der Waals surface area contributed by atoms with Gasteiger partial charge in [-0.15, -0.1) is 0 Å². The van der Waals surface area contributed by atoms with Crippen molar-refractivity contribution in [3.8, 4) is 0 Å². The number of hydrogen-bond acceptors (Lipinski definition) is 4. The molecule has 1 atom stereocenters. The van der Waals surface area contributed by atoms with Crippen LogP contribution in [0.4, 0.5) is 17.1 Å². The molecule has 0 bridgehead atoms. The Morgan fingerprint density at radius 2 is 1.62 bits per heavy atom. The molecule has 0 aliphatic carbocycles. The highest BCUT2D eigenvalue weighted by Gasteiger charge is 2.52. The highest BCUT2D eigenvalue weighted by molar-refractivity contribution is 6.10. The van der Waals surface area contributed by atoms with Gasteiger partial charge in [-0.25, -0.2) is 0 Å². The largest absolute Gasteiger partial charge is 0.385 e. The summed E-state index contributed by atoms with van der Waals surface area (Å²) in [5.74, 6) is -0.151. The van der Waals surface area contributed by atoms with E-state index in [9.17, 15) is 14.4 Å². The standard InChI is InChI=1S/C30H32N4O3/c1-30-19-17-28(36)34(30)26-11-6-5-10-25(26)29(37)33(30)21-7-12-27(35)32-24-15-13-23(14-16-24)31-20-18-22-8-3-2-4-9-22/h2-6,8-11,13-16,31H,7,12,17-21H2,1H3,(H,32,35). The molecule has 0 radical (unpaired) electrons. The first kappa shape index (κ1) is 24.6. The molecule has 1 saturated heterocycles. The number of rotatable bonds is 9. The van der Waals surface area contributed by atoms with E-state index < -0.39 is 5.66 Å². The number of benzene rings is 3. The van der Waals surface area contributed by atoms with Gasteiger partial charge in [-0.05, 0) is 68.1 Å². The van der Waals surface area contributed by atoms with Crippen molar-refractivity contribution in [2.45, 2.75) is 44.7 Å². The van der Waals surface area contributed by atoms with E-state index in [0.29, 0.717) is 37.1 Å². The molecule has 3 aromatic carbocycles. The van der Waals surface area contributed by atoms with Crippen molar-refractivity contribution in [3.63, 3.8) is 0 Å². The predicted molar refractivity (Wildman–Crippen MR) is 146 cm³/mol. The summed E-state index contributed by atoms with van der Waals surface area (Å²) in [7, 11) is 0. The molecular weight excluding hydrogens is 464 g/mol. The van der Waals surface area contributed by atoms with E-state index in [0.717, 1.165) is 24.3 Å². The van der Waals surface area contributed by atoms with Crippen molar-refractivity contribution < 1.29 is 14.4 Å². The van der Waals surface area contributed by atoms with Gasteiger partial charge in [0.2, 0.25) is 11.8 Å². The Bertz CT molecular complexity index is 1290. The van der Waals surface area contributed by atoms with Crippen molar-refractivity contribution in [1.82, 2.24) is 4.90 Å². The van der Waals surface area contributed by atoms with Crippen LogP contribution in [0.15, 0.2) is 78.9 Å². The second kappa shape index (κ2) is 10.5. The quantitative estimate of drug-likeness (QED) is 0.434. The number of carbonyl (C=O) groups excluding carboxylic acids is 3. The zero-order valence-corrected chi connectivity index (χ0v) is 21.1. The zero-order chi connectivity index (χ0) is 25.8. The second-order valence-corrected chi connectivity index (χ2v) is 9.81. The fourth-order valence-electron chi connectivity index (χ4n) is 5.33. The minimum Gasteiger partial charge on any atom is -0.385 e. The van der Waals surface area contributed by atoms with Crippen LogP contribution >= 0.6 is 0 Å². The van der Waals surface area contributed by atoms with E-state index in [-0.39, 0.29) is 24.1 Å². The van der Waals surface area contributed by atoms with Crippen molar-refractivity contribution in [2.24, 2.45) is 0 Å². The van der Waals surface area contributed by atoms with Gasteiger partial charge >= 0.3 is 0 Å². The van der Waals surface area contributed by atoms with Gasteiger partial charge in [-0.2, -0.15) is 0 Å². The molecule has 0 saturated carbocycles. The number of anilines is 3. The molecule has 2 heterocycles. The monoisotopic (exact) mass is 496 g/mol. The van der Waals surface area contributed by atoms with Gasteiger partial charge in [0.25, 0.3) is 5.91 Å². The lowest BCUT2D eigenvalue weighted by Crippen LogP contribution is -2.62. The molecule has 1 fully saturated rings. The van der Waals surface area contributed by atoms with Crippen LogP contribution in [-0.4, -0.2) is 41.4 Å². The van der Waals surface area contributed by atoms with Crippen LogP contribution in [0.3, 0.4) is 0 Å². The number of para-hydroxylation sites is 1. The molecule has 0 aromatic heterocycles. The Kier molecular flexibility index (Phi) is 6.95. The molecule has 2 aliphatic heterocycles. The molecule has 3 amide bonds. The van der Waals surface area contributed by atoms with Gasteiger partial charge in [-0.3, -0.25) is 19.3 Å². The van der Waals surface area contributed by atoms with Crippen molar-refractivity contribution in [1.29, 1.82) is 0 Å². The summed E-state index contributed by atoms with van der Waals surface area (Å²) in [6, 6.07) is 25.3. The molecule has 2 N–H and O–H groups in total. The van der Waals surface area contributed by atoms with Gasteiger partial charge in [0.15, 0.2) is 0 Å². The van der Waals surface area contributed by atoms with Crippen LogP contribution in [0.1, 0.15) is 48.5 Å². The van der Waals surface area contributed by atoms with E-state index in [1.807, 2.05) is 67.6 Å². The van der Waals surface area contributed by atoms with Gasteiger partial charge in [0.05, 0.1) is 11.3 Å². The molecule has 37 heavy (non-hydrogen) atoms. The van der Waals surface area contributed by atoms with Crippen LogP contribution in [-0.2, 0) is 16.0 Å². The Morgan fingerprint density at radius 3 is 2.41 bits per heavy atom. The molecule has 2 aliphatic rings. The van der Waals surface area contributed by atoms with Gasteiger partial charge < -0.3 is 15.5 Å². The number of nitrogens with one attached hydrogen (secondary N) is 2. The molecule has 3 aromatic rings. The predicted octanol–water partition coefficient (Wildman–Crippen LogP) is 5.06. The molecule has 190 valence electrons. The van der Waals surface area contributed by atoms with Crippen LogP contribution in [0.5, 0.6) is 0 Å². The van der Waals surface area contributed by atoms with Gasteiger partial charge in [-0.1, -0.05) is 42.5 Å². The van der Waals surface area contributed by atoms with Gasteiger partial charge in [0, 0.05) is 37.3 Å². The third-order valence-corrected chi connectivity index (χ3v) is 7.29. The average Bonchev–Trinajstić information content (AvgIpc) is 3.22. The smallest absolute Gasteiger partial charge is 0.257 e. The number of nitrogens with zero attached hydrogens (tertiary/aromatic N) is 2. The molecule has 7 heteroatoms. The molecule has 0 spiro atoms. The van der Waals surface area contributed by atoms with E-state index in [1.54, 1.807) is 15.9 Å². The van der Waals surface area contributed by atoms with E-state index in [2.05, 4.69) is 22.8 Å². The first-order valence-electron chi connectivity index (χ1n) is 12.9. The maximum atomic E-state index is 13.3. The normalized spacial score (nSPS) is 18.4. The first-order chi connectivity index (χ1) is 18.0. The second-order valence-electron chi connectivity index (χ2n) is 9.81. The fourth-order valence-corrected chi connectivity index (χ4v) is 5.33. The maximum absolute atomic E-state index is 13.3. The summed E-state index contributed by atoms with van der Waals surface area (Å²) < 4.78 is 0. The van der Waals surface area contributed by atoms with Crippen molar-refractivity contribution >= 4 is 34.8 Å². The topological polar surface area (TPSA) is 81.8 Å². The minimum atomic E-state index is -0.692. The maximum Gasteiger partial charge on any atom is 0.257 e. The Balaban J connectivity index is 1.13. The third kappa shape index (κ3) is 5.07. The number of amides is 3. The molecular formula is C30H32N4O3. The summed E-state index contributed by atoms with van der Waals surface area (Å²) in [5.41, 5.74) is 3.56. The molecule has 7 nitrogen and oxygen atoms in total. The van der Waals surface area contributed by atoms with Crippen molar-refractivity contribution in [3.05, 3.63) is 90.0 Å². The Morgan fingerprint density at radius 1 is 0.919 bits per heavy atom. The Labute approximate surface area is 217 Å². The summed E-state index contributed by atoms with van der Waals surface area (Å²) in [5, 5.41) is 6.35. The first-order valence-corrected chi connectivity index (χ1v) is 12.9. The van der Waals surface area contributed by atoms with E-state index in [4.69, 9.17) is 0 Å². The summed E-state index contributed by atoms with van der Waals surface area (Å²) in [6.07, 6.45) is 2.73. The lowest BCUT2D eigenvalue weighted by molar-refractivity contribution is -0.118. The number of fused-ring (bicyclic) bond motifs is 3.